The highest BCUT2D eigenvalue weighted by atomic mass is 16.5. The summed E-state index contributed by atoms with van der Waals surface area (Å²) in [7, 11) is 0. The second kappa shape index (κ2) is 2.85. The number of hydrogen-bond donors (Lipinski definition) is 1. The minimum Gasteiger partial charge on any atom is -0.364 e. The number of nitrogens with zero attached hydrogens (tertiary/aromatic N) is 2. The Labute approximate surface area is 73.8 Å². The van der Waals surface area contributed by atoms with Crippen molar-refractivity contribution in [1.29, 1.82) is 0 Å². The largest absolute Gasteiger partial charge is 0.364 e. The fourth-order valence-corrected chi connectivity index (χ4v) is 1.04. The van der Waals surface area contributed by atoms with Gasteiger partial charge in [-0.15, -0.1) is 0 Å². The topological polar surface area (TPSA) is 71.8 Å². The SMILES string of the molecule is Cc1[nH]c(-c2ccon2)nc1C=O. The first-order chi connectivity index (χ1) is 6.31. The number of H-pyrrole nitrogens is 1. The van der Waals surface area contributed by atoms with E-state index in [1.165, 1.54) is 6.26 Å². The van der Waals surface area contributed by atoms with E-state index in [1.807, 2.05) is 0 Å². The van der Waals surface area contributed by atoms with Crippen molar-refractivity contribution >= 4 is 6.29 Å². The average Bonchev–Trinajstić information content (AvgIpc) is 2.71. The van der Waals surface area contributed by atoms with Gasteiger partial charge in [0.2, 0.25) is 0 Å². The number of carbonyl (C=O) groups is 1. The Hall–Kier alpha value is -1.91. The molecule has 5 heteroatoms. The van der Waals surface area contributed by atoms with E-state index in [-0.39, 0.29) is 0 Å². The third-order valence-electron chi connectivity index (χ3n) is 1.71. The summed E-state index contributed by atoms with van der Waals surface area (Å²) in [6.07, 6.45) is 2.16. The van der Waals surface area contributed by atoms with Gasteiger partial charge in [0, 0.05) is 11.8 Å². The molecule has 13 heavy (non-hydrogen) atoms. The smallest absolute Gasteiger partial charge is 0.170 e. The van der Waals surface area contributed by atoms with Crippen LogP contribution >= 0.6 is 0 Å². The number of aryl methyl sites for hydroxylation is 1. The van der Waals surface area contributed by atoms with Crippen LogP contribution in [0, 0.1) is 6.92 Å². The van der Waals surface area contributed by atoms with Crippen molar-refractivity contribution in [3.63, 3.8) is 0 Å². The van der Waals surface area contributed by atoms with Crippen LogP contribution in [0.2, 0.25) is 0 Å². The predicted molar refractivity (Wildman–Crippen MR) is 44.2 cm³/mol. The van der Waals surface area contributed by atoms with E-state index < -0.39 is 0 Å². The predicted octanol–water partition coefficient (Wildman–Crippen LogP) is 1.19. The Kier molecular flexibility index (Phi) is 1.70. The van der Waals surface area contributed by atoms with Crippen LogP contribution < -0.4 is 0 Å². The van der Waals surface area contributed by atoms with Crippen LogP contribution in [0.5, 0.6) is 0 Å². The van der Waals surface area contributed by atoms with Gasteiger partial charge in [-0.1, -0.05) is 5.16 Å². The van der Waals surface area contributed by atoms with Crippen molar-refractivity contribution in [3.8, 4) is 11.5 Å². The lowest BCUT2D eigenvalue weighted by Gasteiger charge is -1.83. The molecular weight excluding hydrogens is 170 g/mol. The monoisotopic (exact) mass is 177 g/mol. The minimum absolute atomic E-state index is 0.401. The summed E-state index contributed by atoms with van der Waals surface area (Å²) in [6, 6.07) is 1.67. The number of aromatic amines is 1. The standard InChI is InChI=1S/C8H7N3O2/c1-5-7(4-12)10-8(9-5)6-2-3-13-11-6/h2-4H,1H3,(H,9,10). The molecule has 66 valence electrons. The highest BCUT2D eigenvalue weighted by Crippen LogP contribution is 2.14. The lowest BCUT2D eigenvalue weighted by atomic mass is 10.4. The van der Waals surface area contributed by atoms with E-state index in [0.29, 0.717) is 23.5 Å². The molecule has 2 aromatic heterocycles. The molecule has 2 rings (SSSR count). The molecule has 0 spiro atoms. The zero-order chi connectivity index (χ0) is 9.26. The Morgan fingerprint density at radius 2 is 2.46 bits per heavy atom. The summed E-state index contributed by atoms with van der Waals surface area (Å²) >= 11 is 0. The minimum atomic E-state index is 0.401. The molecule has 0 atom stereocenters. The molecular formula is C8H7N3O2. The van der Waals surface area contributed by atoms with Crippen LogP contribution in [0.25, 0.3) is 11.5 Å². The van der Waals surface area contributed by atoms with Crippen LogP contribution in [-0.2, 0) is 0 Å². The zero-order valence-electron chi connectivity index (χ0n) is 6.94. The number of aromatic nitrogens is 3. The highest BCUT2D eigenvalue weighted by Gasteiger charge is 2.09. The maximum absolute atomic E-state index is 10.5. The third-order valence-corrected chi connectivity index (χ3v) is 1.71. The number of carbonyl (C=O) groups excluding carboxylic acids is 1. The molecule has 2 aromatic rings. The van der Waals surface area contributed by atoms with Gasteiger partial charge in [0.05, 0.1) is 0 Å². The van der Waals surface area contributed by atoms with E-state index >= 15 is 0 Å². The summed E-state index contributed by atoms with van der Waals surface area (Å²) in [4.78, 5) is 17.4. The molecule has 0 saturated carbocycles. The van der Waals surface area contributed by atoms with Gasteiger partial charge in [0.15, 0.2) is 12.1 Å². The quantitative estimate of drug-likeness (QED) is 0.699. The van der Waals surface area contributed by atoms with Gasteiger partial charge in [0.25, 0.3) is 0 Å². The summed E-state index contributed by atoms with van der Waals surface area (Å²) in [5.41, 5.74) is 1.72. The van der Waals surface area contributed by atoms with Gasteiger partial charge in [0.1, 0.15) is 17.7 Å². The molecule has 0 fully saturated rings. The molecule has 0 unspecified atom stereocenters. The molecule has 0 amide bonds. The first-order valence-electron chi connectivity index (χ1n) is 3.74. The maximum Gasteiger partial charge on any atom is 0.170 e. The summed E-state index contributed by atoms with van der Waals surface area (Å²) < 4.78 is 4.65. The van der Waals surface area contributed by atoms with Gasteiger partial charge in [-0.2, -0.15) is 0 Å². The zero-order valence-corrected chi connectivity index (χ0v) is 6.94. The van der Waals surface area contributed by atoms with E-state index in [0.717, 1.165) is 5.69 Å². The molecule has 0 bridgehead atoms. The number of nitrogens with one attached hydrogen (secondary N) is 1. The fourth-order valence-electron chi connectivity index (χ4n) is 1.04. The molecule has 5 nitrogen and oxygen atoms in total. The van der Waals surface area contributed by atoms with Crippen LogP contribution in [-0.4, -0.2) is 21.4 Å². The van der Waals surface area contributed by atoms with E-state index in [9.17, 15) is 4.79 Å². The second-order valence-corrected chi connectivity index (χ2v) is 2.60. The Bertz CT molecular complexity index is 417. The van der Waals surface area contributed by atoms with Crippen molar-refractivity contribution in [2.24, 2.45) is 0 Å². The Morgan fingerprint density at radius 3 is 3.00 bits per heavy atom. The van der Waals surface area contributed by atoms with E-state index in [2.05, 4.69) is 19.6 Å². The van der Waals surface area contributed by atoms with Crippen molar-refractivity contribution in [2.45, 2.75) is 6.92 Å². The molecule has 0 radical (unpaired) electrons. The van der Waals surface area contributed by atoms with Crippen molar-refractivity contribution in [3.05, 3.63) is 23.7 Å². The number of hydrogen-bond acceptors (Lipinski definition) is 4. The summed E-state index contributed by atoms with van der Waals surface area (Å²) in [6.45, 7) is 1.78. The van der Waals surface area contributed by atoms with Crippen molar-refractivity contribution in [1.82, 2.24) is 15.1 Å². The molecule has 0 saturated heterocycles. The normalized spacial score (nSPS) is 10.2. The van der Waals surface area contributed by atoms with Crippen LogP contribution in [0.4, 0.5) is 0 Å². The lowest BCUT2D eigenvalue weighted by molar-refractivity contribution is 0.111. The van der Waals surface area contributed by atoms with E-state index in [4.69, 9.17) is 0 Å². The van der Waals surface area contributed by atoms with Gasteiger partial charge < -0.3 is 9.51 Å². The number of imidazole rings is 1. The van der Waals surface area contributed by atoms with Gasteiger partial charge in [-0.3, -0.25) is 4.79 Å². The first-order valence-corrected chi connectivity index (χ1v) is 3.74. The van der Waals surface area contributed by atoms with Gasteiger partial charge in [-0.25, -0.2) is 4.98 Å². The molecule has 0 aliphatic carbocycles. The lowest BCUT2D eigenvalue weighted by Crippen LogP contribution is -1.81. The number of aldehydes is 1. The fraction of sp³-hybridized carbons (Fsp3) is 0.125. The Morgan fingerprint density at radius 1 is 1.62 bits per heavy atom. The Balaban J connectivity index is 2.48. The molecule has 2 heterocycles. The first kappa shape index (κ1) is 7.72. The molecule has 0 aromatic carbocycles. The molecule has 0 aliphatic rings. The van der Waals surface area contributed by atoms with Crippen LogP contribution in [0.15, 0.2) is 16.9 Å². The number of rotatable bonds is 2. The van der Waals surface area contributed by atoms with Crippen molar-refractivity contribution in [2.75, 3.05) is 0 Å². The second-order valence-electron chi connectivity index (χ2n) is 2.60. The maximum atomic E-state index is 10.5. The average molecular weight is 177 g/mol. The van der Waals surface area contributed by atoms with Gasteiger partial charge in [-0.05, 0) is 6.92 Å². The summed E-state index contributed by atoms with van der Waals surface area (Å²) in [5, 5.41) is 3.69. The molecule has 1 N–H and O–H groups in total. The van der Waals surface area contributed by atoms with E-state index in [1.54, 1.807) is 13.0 Å². The highest BCUT2D eigenvalue weighted by molar-refractivity contribution is 5.75. The summed E-state index contributed by atoms with van der Waals surface area (Å²) in [5.74, 6) is 0.549. The van der Waals surface area contributed by atoms with Crippen LogP contribution in [0.3, 0.4) is 0 Å². The third kappa shape index (κ3) is 1.24. The van der Waals surface area contributed by atoms with Crippen LogP contribution in [0.1, 0.15) is 16.2 Å². The van der Waals surface area contributed by atoms with Gasteiger partial charge >= 0.3 is 0 Å². The van der Waals surface area contributed by atoms with Crippen molar-refractivity contribution < 1.29 is 9.32 Å². The molecule has 0 aliphatic heterocycles.